The Hall–Kier alpha value is -2.54. The molecule has 0 bridgehead atoms. The van der Waals surface area contributed by atoms with E-state index in [0.717, 1.165) is 74.7 Å². The Bertz CT molecular complexity index is 888. The normalized spacial score (nSPS) is 16.6. The molecule has 3 heterocycles. The van der Waals surface area contributed by atoms with Gasteiger partial charge < -0.3 is 19.3 Å². The van der Waals surface area contributed by atoms with Crippen LogP contribution >= 0.6 is 0 Å². The van der Waals surface area contributed by atoms with Crippen molar-refractivity contribution in [2.75, 3.05) is 37.9 Å². The number of quaternary nitrogens is 1. The number of aromatic amines is 1. The van der Waals surface area contributed by atoms with Crippen molar-refractivity contribution in [1.82, 2.24) is 9.97 Å². The summed E-state index contributed by atoms with van der Waals surface area (Å²) < 4.78 is 10.9. The summed E-state index contributed by atoms with van der Waals surface area (Å²) in [7, 11) is 0. The predicted molar refractivity (Wildman–Crippen MR) is 107 cm³/mol. The number of hydrogen-bond acceptors (Lipinski definition) is 5. The van der Waals surface area contributed by atoms with Gasteiger partial charge in [-0.25, -0.2) is 4.98 Å². The van der Waals surface area contributed by atoms with Gasteiger partial charge in [-0.05, 0) is 38.0 Å². The van der Waals surface area contributed by atoms with Crippen LogP contribution in [-0.2, 0) is 13.0 Å². The second-order valence-electron chi connectivity index (χ2n) is 7.66. The van der Waals surface area contributed by atoms with Gasteiger partial charge >= 0.3 is 0 Å². The van der Waals surface area contributed by atoms with E-state index in [2.05, 4.69) is 33.9 Å². The molecule has 1 saturated heterocycles. The second kappa shape index (κ2) is 8.22. The fourth-order valence-electron chi connectivity index (χ4n) is 3.94. The van der Waals surface area contributed by atoms with Crippen molar-refractivity contribution in [2.45, 2.75) is 39.7 Å². The monoisotopic (exact) mass is 385 g/mol. The molecule has 0 unspecified atom stereocenters. The lowest BCUT2D eigenvalue weighted by atomic mass is 10.1. The SMILES string of the molecule is CCCCc1c(C)nc(N2CC[NH+](Cc3ccc4c(c3)OCO4)CC2)[nH]c1=O. The third-order valence-electron chi connectivity index (χ3n) is 5.65. The van der Waals surface area contributed by atoms with E-state index in [9.17, 15) is 4.79 Å². The lowest BCUT2D eigenvalue weighted by Gasteiger charge is -2.32. The van der Waals surface area contributed by atoms with Gasteiger partial charge in [-0.1, -0.05) is 13.3 Å². The molecule has 2 N–H and O–H groups in total. The summed E-state index contributed by atoms with van der Waals surface area (Å²) >= 11 is 0. The maximum absolute atomic E-state index is 12.5. The molecule has 0 radical (unpaired) electrons. The Kier molecular flexibility index (Phi) is 5.52. The molecule has 2 aliphatic heterocycles. The highest BCUT2D eigenvalue weighted by Crippen LogP contribution is 2.32. The largest absolute Gasteiger partial charge is 0.454 e. The third-order valence-corrected chi connectivity index (χ3v) is 5.65. The van der Waals surface area contributed by atoms with Gasteiger partial charge in [0.25, 0.3) is 5.56 Å². The summed E-state index contributed by atoms with van der Waals surface area (Å²) in [5, 5.41) is 0. The van der Waals surface area contributed by atoms with Crippen molar-refractivity contribution >= 4 is 5.95 Å². The maximum atomic E-state index is 12.5. The number of anilines is 1. The summed E-state index contributed by atoms with van der Waals surface area (Å²) in [5.41, 5.74) is 2.97. The lowest BCUT2D eigenvalue weighted by molar-refractivity contribution is -0.914. The number of benzene rings is 1. The van der Waals surface area contributed by atoms with Crippen LogP contribution in [-0.4, -0.2) is 42.9 Å². The van der Waals surface area contributed by atoms with E-state index < -0.39 is 0 Å². The molecule has 0 aliphatic carbocycles. The quantitative estimate of drug-likeness (QED) is 0.778. The number of fused-ring (bicyclic) bond motifs is 1. The first-order chi connectivity index (χ1) is 13.6. The fourth-order valence-corrected chi connectivity index (χ4v) is 3.94. The van der Waals surface area contributed by atoms with Crippen LogP contribution in [0.25, 0.3) is 0 Å². The number of unbranched alkanes of at least 4 members (excludes halogenated alkanes) is 1. The van der Waals surface area contributed by atoms with Crippen molar-refractivity contribution in [3.05, 3.63) is 45.4 Å². The molecule has 1 fully saturated rings. The second-order valence-corrected chi connectivity index (χ2v) is 7.66. The van der Waals surface area contributed by atoms with Crippen molar-refractivity contribution < 1.29 is 14.4 Å². The van der Waals surface area contributed by atoms with E-state index in [1.54, 1.807) is 0 Å². The Balaban J connectivity index is 1.37. The molecule has 150 valence electrons. The molecule has 1 aromatic carbocycles. The molecule has 28 heavy (non-hydrogen) atoms. The number of hydrogen-bond donors (Lipinski definition) is 2. The summed E-state index contributed by atoms with van der Waals surface area (Å²) in [6.45, 7) is 9.15. The molecule has 2 aliphatic rings. The number of aryl methyl sites for hydroxylation is 1. The number of rotatable bonds is 6. The Morgan fingerprint density at radius 3 is 2.75 bits per heavy atom. The highest BCUT2D eigenvalue weighted by atomic mass is 16.7. The van der Waals surface area contributed by atoms with Gasteiger partial charge in [0.2, 0.25) is 12.7 Å². The maximum Gasteiger partial charge on any atom is 0.255 e. The first-order valence-corrected chi connectivity index (χ1v) is 10.2. The minimum atomic E-state index is 0.0195. The first kappa shape index (κ1) is 18.8. The Morgan fingerprint density at radius 1 is 1.21 bits per heavy atom. The Morgan fingerprint density at radius 2 is 2.00 bits per heavy atom. The van der Waals surface area contributed by atoms with Crippen molar-refractivity contribution in [2.24, 2.45) is 0 Å². The summed E-state index contributed by atoms with van der Waals surface area (Å²) in [4.78, 5) is 23.9. The number of piperazine rings is 1. The summed E-state index contributed by atoms with van der Waals surface area (Å²) in [6, 6.07) is 6.19. The topological polar surface area (TPSA) is 71.9 Å². The van der Waals surface area contributed by atoms with Crippen LogP contribution in [0.1, 0.15) is 36.6 Å². The van der Waals surface area contributed by atoms with E-state index in [-0.39, 0.29) is 5.56 Å². The van der Waals surface area contributed by atoms with Gasteiger partial charge in [-0.15, -0.1) is 0 Å². The lowest BCUT2D eigenvalue weighted by Crippen LogP contribution is -3.13. The molecule has 7 heteroatoms. The highest BCUT2D eigenvalue weighted by Gasteiger charge is 2.23. The van der Waals surface area contributed by atoms with Crippen LogP contribution in [0.2, 0.25) is 0 Å². The molecule has 7 nitrogen and oxygen atoms in total. The van der Waals surface area contributed by atoms with Crippen molar-refractivity contribution in [3.8, 4) is 11.5 Å². The van der Waals surface area contributed by atoms with E-state index >= 15 is 0 Å². The molecule has 0 amide bonds. The molecular formula is C21H29N4O3+. The summed E-state index contributed by atoms with van der Waals surface area (Å²) in [6.07, 6.45) is 2.90. The molecule has 4 rings (SSSR count). The zero-order chi connectivity index (χ0) is 19.5. The first-order valence-electron chi connectivity index (χ1n) is 10.2. The van der Waals surface area contributed by atoms with Gasteiger partial charge in [-0.2, -0.15) is 0 Å². The molecule has 1 aromatic heterocycles. The fraction of sp³-hybridized carbons (Fsp3) is 0.524. The van der Waals surface area contributed by atoms with Gasteiger partial charge in [-0.3, -0.25) is 9.78 Å². The predicted octanol–water partition coefficient (Wildman–Crippen LogP) is 1.05. The zero-order valence-electron chi connectivity index (χ0n) is 16.7. The van der Waals surface area contributed by atoms with Crippen LogP contribution in [0.15, 0.2) is 23.0 Å². The van der Waals surface area contributed by atoms with Gasteiger partial charge in [0.1, 0.15) is 6.54 Å². The minimum absolute atomic E-state index is 0.0195. The standard InChI is InChI=1S/C21H28N4O3/c1-3-4-5-17-15(2)22-21(23-20(17)26)25-10-8-24(9-11-25)13-16-6-7-18-19(12-16)28-14-27-18/h6-7,12H,3-5,8-11,13-14H2,1-2H3,(H,22,23,26)/p+1. The number of ether oxygens (including phenoxy) is 2. The van der Waals surface area contributed by atoms with Gasteiger partial charge in [0, 0.05) is 16.8 Å². The van der Waals surface area contributed by atoms with Gasteiger partial charge in [0.15, 0.2) is 11.5 Å². The molecular weight excluding hydrogens is 356 g/mol. The van der Waals surface area contributed by atoms with Crippen molar-refractivity contribution in [3.63, 3.8) is 0 Å². The van der Waals surface area contributed by atoms with E-state index in [0.29, 0.717) is 12.7 Å². The number of aromatic nitrogens is 2. The number of nitrogens with one attached hydrogen (secondary N) is 2. The summed E-state index contributed by atoms with van der Waals surface area (Å²) in [5.74, 6) is 2.39. The molecule has 0 atom stereocenters. The average molecular weight is 385 g/mol. The third kappa shape index (κ3) is 3.99. The number of nitrogens with zero attached hydrogens (tertiary/aromatic N) is 2. The molecule has 0 saturated carbocycles. The molecule has 0 spiro atoms. The van der Waals surface area contributed by atoms with Crippen LogP contribution in [0, 0.1) is 6.92 Å². The average Bonchev–Trinajstić information content (AvgIpc) is 3.16. The zero-order valence-corrected chi connectivity index (χ0v) is 16.7. The van der Waals surface area contributed by atoms with Crippen LogP contribution in [0.4, 0.5) is 5.95 Å². The highest BCUT2D eigenvalue weighted by molar-refractivity contribution is 5.44. The van der Waals surface area contributed by atoms with Crippen LogP contribution in [0.3, 0.4) is 0 Å². The van der Waals surface area contributed by atoms with Gasteiger partial charge in [0.05, 0.1) is 26.2 Å². The molecule has 2 aromatic rings. The minimum Gasteiger partial charge on any atom is -0.454 e. The van der Waals surface area contributed by atoms with Crippen LogP contribution in [0.5, 0.6) is 11.5 Å². The smallest absolute Gasteiger partial charge is 0.255 e. The van der Waals surface area contributed by atoms with E-state index in [1.807, 2.05) is 13.0 Å². The Labute approximate surface area is 165 Å². The van der Waals surface area contributed by atoms with Crippen molar-refractivity contribution in [1.29, 1.82) is 0 Å². The number of H-pyrrole nitrogens is 1. The van der Waals surface area contributed by atoms with Crippen LogP contribution < -0.4 is 24.8 Å². The van der Waals surface area contributed by atoms with E-state index in [4.69, 9.17) is 9.47 Å². The van der Waals surface area contributed by atoms with E-state index in [1.165, 1.54) is 10.5 Å².